The van der Waals surface area contributed by atoms with E-state index in [2.05, 4.69) is 39.7 Å². The van der Waals surface area contributed by atoms with Gasteiger partial charge in [0.15, 0.2) is 0 Å². The molecule has 0 atom stereocenters. The molecule has 2 aromatic heterocycles. The zero-order valence-electron chi connectivity index (χ0n) is 12.3. The fourth-order valence-electron chi connectivity index (χ4n) is 2.09. The van der Waals surface area contributed by atoms with Crippen molar-refractivity contribution in [2.45, 2.75) is 33.2 Å². The van der Waals surface area contributed by atoms with E-state index in [9.17, 15) is 0 Å². The molecule has 0 aromatic carbocycles. The molecule has 4 N–H and O–H groups in total. The van der Waals surface area contributed by atoms with Crippen molar-refractivity contribution < 1.29 is 0 Å². The van der Waals surface area contributed by atoms with Crippen LogP contribution in [0, 0.1) is 6.92 Å². The number of hydrogen-bond donors (Lipinski definition) is 3. The monoisotopic (exact) mass is 275 g/mol. The number of anilines is 2. The van der Waals surface area contributed by atoms with Gasteiger partial charge in [0.2, 0.25) is 0 Å². The molecule has 2 rings (SSSR count). The molecule has 0 radical (unpaired) electrons. The normalized spacial score (nSPS) is 10.9. The average Bonchev–Trinajstić information content (AvgIpc) is 2.75. The number of nitrogen functional groups attached to an aromatic ring is 1. The van der Waals surface area contributed by atoms with Crippen molar-refractivity contribution in [2.24, 2.45) is 12.9 Å². The Bertz CT molecular complexity index is 588. The molecule has 108 valence electrons. The van der Waals surface area contributed by atoms with Crippen molar-refractivity contribution in [3.63, 3.8) is 0 Å². The maximum Gasteiger partial charge on any atom is 0.148 e. The van der Waals surface area contributed by atoms with E-state index >= 15 is 0 Å². The Morgan fingerprint density at radius 1 is 1.30 bits per heavy atom. The minimum Gasteiger partial charge on any atom is -0.365 e. The smallest absolute Gasteiger partial charge is 0.148 e. The van der Waals surface area contributed by atoms with Gasteiger partial charge in [-0.1, -0.05) is 13.8 Å². The summed E-state index contributed by atoms with van der Waals surface area (Å²) >= 11 is 0. The molecular weight excluding hydrogens is 254 g/mol. The molecule has 0 aliphatic carbocycles. The van der Waals surface area contributed by atoms with Crippen LogP contribution >= 0.6 is 0 Å². The van der Waals surface area contributed by atoms with Crippen LogP contribution in [0.1, 0.15) is 36.6 Å². The lowest BCUT2D eigenvalue weighted by atomic mass is 10.0. The van der Waals surface area contributed by atoms with Crippen LogP contribution in [-0.4, -0.2) is 19.7 Å². The van der Waals surface area contributed by atoms with Gasteiger partial charge in [-0.3, -0.25) is 4.68 Å². The minimum atomic E-state index is 0.264. The summed E-state index contributed by atoms with van der Waals surface area (Å²) in [4.78, 5) is 8.47. The molecule has 0 aliphatic heterocycles. The Morgan fingerprint density at radius 2 is 2.00 bits per heavy atom. The van der Waals surface area contributed by atoms with Gasteiger partial charge in [-0.25, -0.2) is 15.8 Å². The van der Waals surface area contributed by atoms with E-state index in [0.717, 1.165) is 22.6 Å². The molecule has 7 heteroatoms. The molecule has 0 amide bonds. The van der Waals surface area contributed by atoms with Crippen LogP contribution in [0.3, 0.4) is 0 Å². The van der Waals surface area contributed by atoms with Crippen LogP contribution in [0.25, 0.3) is 0 Å². The summed E-state index contributed by atoms with van der Waals surface area (Å²) in [5, 5.41) is 7.57. The van der Waals surface area contributed by atoms with Crippen molar-refractivity contribution in [3.8, 4) is 0 Å². The lowest BCUT2D eigenvalue weighted by Gasteiger charge is -2.16. The predicted octanol–water partition coefficient (Wildman–Crippen LogP) is 1.54. The summed E-state index contributed by atoms with van der Waals surface area (Å²) in [5.41, 5.74) is 5.88. The van der Waals surface area contributed by atoms with Crippen LogP contribution in [0.5, 0.6) is 0 Å². The van der Waals surface area contributed by atoms with Gasteiger partial charge in [-0.15, -0.1) is 0 Å². The van der Waals surface area contributed by atoms with Gasteiger partial charge in [0.1, 0.15) is 18.0 Å². The number of nitrogens with two attached hydrogens (primary N) is 1. The van der Waals surface area contributed by atoms with E-state index in [-0.39, 0.29) is 5.92 Å². The first-order valence-electron chi connectivity index (χ1n) is 6.57. The van der Waals surface area contributed by atoms with E-state index < -0.39 is 0 Å². The maximum absolute atomic E-state index is 5.51. The molecule has 0 unspecified atom stereocenters. The van der Waals surface area contributed by atoms with Gasteiger partial charge >= 0.3 is 0 Å². The van der Waals surface area contributed by atoms with E-state index in [1.54, 1.807) is 0 Å². The fraction of sp³-hybridized carbons (Fsp3) is 0.462. The topological polar surface area (TPSA) is 93.7 Å². The highest BCUT2D eigenvalue weighted by Crippen LogP contribution is 2.28. The molecule has 0 bridgehead atoms. The van der Waals surface area contributed by atoms with Crippen molar-refractivity contribution in [1.82, 2.24) is 19.7 Å². The van der Waals surface area contributed by atoms with Crippen molar-refractivity contribution in [1.29, 1.82) is 0 Å². The Hall–Kier alpha value is -2.15. The zero-order valence-corrected chi connectivity index (χ0v) is 12.3. The minimum absolute atomic E-state index is 0.264. The van der Waals surface area contributed by atoms with E-state index in [1.165, 1.54) is 6.33 Å². The average molecular weight is 275 g/mol. The third-order valence-corrected chi connectivity index (χ3v) is 3.38. The SMILES string of the molecule is Cc1c(CNc2ncnc(NN)c2C(C)C)cnn1C. The van der Waals surface area contributed by atoms with E-state index in [1.807, 2.05) is 24.9 Å². The fourth-order valence-corrected chi connectivity index (χ4v) is 2.09. The van der Waals surface area contributed by atoms with Crippen LogP contribution < -0.4 is 16.6 Å². The second-order valence-electron chi connectivity index (χ2n) is 5.02. The zero-order chi connectivity index (χ0) is 14.7. The van der Waals surface area contributed by atoms with Gasteiger partial charge in [0, 0.05) is 30.4 Å². The number of nitrogens with zero attached hydrogens (tertiary/aromatic N) is 4. The predicted molar refractivity (Wildman–Crippen MR) is 79.2 cm³/mol. The number of hydrazine groups is 1. The van der Waals surface area contributed by atoms with Crippen LogP contribution in [-0.2, 0) is 13.6 Å². The summed E-state index contributed by atoms with van der Waals surface area (Å²) in [6.45, 7) is 6.88. The third kappa shape index (κ3) is 2.72. The Balaban J connectivity index is 2.23. The van der Waals surface area contributed by atoms with Gasteiger partial charge in [0.25, 0.3) is 0 Å². The van der Waals surface area contributed by atoms with Gasteiger partial charge in [-0.2, -0.15) is 5.10 Å². The molecule has 2 aromatic rings. The molecule has 20 heavy (non-hydrogen) atoms. The largest absolute Gasteiger partial charge is 0.365 e. The molecule has 0 saturated carbocycles. The van der Waals surface area contributed by atoms with Crippen molar-refractivity contribution >= 4 is 11.6 Å². The molecule has 7 nitrogen and oxygen atoms in total. The summed E-state index contributed by atoms with van der Waals surface area (Å²) in [6.07, 6.45) is 3.36. The Labute approximate surface area is 118 Å². The highest BCUT2D eigenvalue weighted by Gasteiger charge is 2.14. The van der Waals surface area contributed by atoms with E-state index in [0.29, 0.717) is 12.4 Å². The van der Waals surface area contributed by atoms with Gasteiger partial charge in [0.05, 0.1) is 6.20 Å². The maximum atomic E-state index is 5.51. The first-order chi connectivity index (χ1) is 9.54. The molecule has 0 fully saturated rings. The summed E-state index contributed by atoms with van der Waals surface area (Å²) < 4.78 is 1.85. The molecular formula is C13H21N7. The summed E-state index contributed by atoms with van der Waals surface area (Å²) in [6, 6.07) is 0. The van der Waals surface area contributed by atoms with E-state index in [4.69, 9.17) is 5.84 Å². The van der Waals surface area contributed by atoms with Crippen LogP contribution in [0.4, 0.5) is 11.6 Å². The lowest BCUT2D eigenvalue weighted by Crippen LogP contribution is -2.15. The first kappa shape index (κ1) is 14.3. The summed E-state index contributed by atoms with van der Waals surface area (Å²) in [5.74, 6) is 7.22. The summed E-state index contributed by atoms with van der Waals surface area (Å²) in [7, 11) is 1.93. The number of aryl methyl sites for hydroxylation is 1. The lowest BCUT2D eigenvalue weighted by molar-refractivity contribution is 0.738. The van der Waals surface area contributed by atoms with Crippen molar-refractivity contribution in [3.05, 3.63) is 29.3 Å². The van der Waals surface area contributed by atoms with Gasteiger partial charge in [-0.05, 0) is 12.8 Å². The molecule has 0 spiro atoms. The Morgan fingerprint density at radius 3 is 2.55 bits per heavy atom. The van der Waals surface area contributed by atoms with Crippen LogP contribution in [0.15, 0.2) is 12.5 Å². The highest BCUT2D eigenvalue weighted by molar-refractivity contribution is 5.58. The second-order valence-corrected chi connectivity index (χ2v) is 5.02. The highest BCUT2D eigenvalue weighted by atomic mass is 15.3. The number of hydrogen-bond acceptors (Lipinski definition) is 6. The first-order valence-corrected chi connectivity index (χ1v) is 6.57. The van der Waals surface area contributed by atoms with Crippen LogP contribution in [0.2, 0.25) is 0 Å². The molecule has 0 saturated heterocycles. The number of nitrogens with one attached hydrogen (secondary N) is 2. The molecule has 2 heterocycles. The number of rotatable bonds is 5. The molecule has 0 aliphatic rings. The Kier molecular flexibility index (Phi) is 4.19. The standard InChI is InChI=1S/C13H21N7/c1-8(2)11-12(16-7-17-13(11)19-14)15-5-10-6-18-20(4)9(10)3/h6-8H,5,14H2,1-4H3,(H2,15,16,17,19). The third-order valence-electron chi connectivity index (χ3n) is 3.38. The number of aromatic nitrogens is 4. The van der Waals surface area contributed by atoms with Crippen molar-refractivity contribution in [2.75, 3.05) is 10.7 Å². The second kappa shape index (κ2) is 5.87. The quantitative estimate of drug-likeness (QED) is 0.566. The van der Waals surface area contributed by atoms with Gasteiger partial charge < -0.3 is 10.7 Å².